The van der Waals surface area contributed by atoms with Crippen LogP contribution in [0.25, 0.3) is 0 Å². The van der Waals surface area contributed by atoms with Gasteiger partial charge in [0.05, 0.1) is 28.6 Å². The summed E-state index contributed by atoms with van der Waals surface area (Å²) in [5.41, 5.74) is 2.25. The molecule has 2 aliphatic rings. The smallest absolute Gasteiger partial charge is 0.266 e. The fourth-order valence-electron chi connectivity index (χ4n) is 3.64. The highest BCUT2D eigenvalue weighted by atomic mass is 16.3. The minimum absolute atomic E-state index is 0.218. The van der Waals surface area contributed by atoms with Crippen LogP contribution in [-0.4, -0.2) is 29.1 Å². The first-order valence-electron chi connectivity index (χ1n) is 8.66. The van der Waals surface area contributed by atoms with Crippen molar-refractivity contribution in [3.05, 3.63) is 59.7 Å². The average Bonchev–Trinajstić information content (AvgIpc) is 2.89. The van der Waals surface area contributed by atoms with Gasteiger partial charge in [0.25, 0.3) is 11.8 Å². The van der Waals surface area contributed by atoms with E-state index in [1.165, 1.54) is 4.90 Å². The molecule has 1 fully saturated rings. The Balaban J connectivity index is 1.64. The summed E-state index contributed by atoms with van der Waals surface area (Å²) in [4.78, 5) is 26.7. The van der Waals surface area contributed by atoms with Gasteiger partial charge in [-0.05, 0) is 49.9 Å². The van der Waals surface area contributed by atoms with E-state index in [2.05, 4.69) is 5.32 Å². The fourth-order valence-corrected chi connectivity index (χ4v) is 3.64. The number of para-hydroxylation sites is 2. The van der Waals surface area contributed by atoms with Gasteiger partial charge in [-0.15, -0.1) is 0 Å². The van der Waals surface area contributed by atoms with Crippen molar-refractivity contribution in [3.63, 3.8) is 0 Å². The van der Waals surface area contributed by atoms with Gasteiger partial charge < -0.3 is 10.4 Å². The van der Waals surface area contributed by atoms with E-state index in [4.69, 9.17) is 0 Å². The predicted molar refractivity (Wildman–Crippen MR) is 95.9 cm³/mol. The lowest BCUT2D eigenvalue weighted by atomic mass is 9.93. The number of nitrogens with zero attached hydrogens (tertiary/aromatic N) is 1. The van der Waals surface area contributed by atoms with Crippen molar-refractivity contribution in [3.8, 4) is 0 Å². The summed E-state index contributed by atoms with van der Waals surface area (Å²) < 4.78 is 0. The molecule has 2 aromatic rings. The average molecular weight is 336 g/mol. The Hall–Kier alpha value is -2.66. The van der Waals surface area contributed by atoms with E-state index in [-0.39, 0.29) is 24.0 Å². The van der Waals surface area contributed by atoms with Crippen molar-refractivity contribution in [2.75, 3.05) is 10.2 Å². The van der Waals surface area contributed by atoms with E-state index in [0.717, 1.165) is 31.4 Å². The number of carbonyl (C=O) groups is 2. The quantitative estimate of drug-likeness (QED) is 0.845. The van der Waals surface area contributed by atoms with Crippen molar-refractivity contribution in [1.82, 2.24) is 0 Å². The standard InChI is InChI=1S/C20H20N2O3/c23-14-11-9-13(10-12-14)21-17-7-3-4-8-18(17)22-19(24)15-5-1-2-6-16(15)20(22)25/h1-8,13-14,21,23H,9-12H2. The third kappa shape index (κ3) is 2.81. The van der Waals surface area contributed by atoms with Crippen LogP contribution in [0, 0.1) is 0 Å². The molecule has 2 aromatic carbocycles. The summed E-state index contributed by atoms with van der Waals surface area (Å²) in [5.74, 6) is -0.567. The van der Waals surface area contributed by atoms with E-state index in [1.807, 2.05) is 18.2 Å². The summed E-state index contributed by atoms with van der Waals surface area (Å²) >= 11 is 0. The molecule has 5 heteroatoms. The monoisotopic (exact) mass is 336 g/mol. The summed E-state index contributed by atoms with van der Waals surface area (Å²) in [6, 6.07) is 14.6. The largest absolute Gasteiger partial charge is 0.393 e. The predicted octanol–water partition coefficient (Wildman–Crippen LogP) is 3.20. The minimum Gasteiger partial charge on any atom is -0.393 e. The van der Waals surface area contributed by atoms with Crippen LogP contribution >= 0.6 is 0 Å². The van der Waals surface area contributed by atoms with Crippen molar-refractivity contribution in [1.29, 1.82) is 0 Å². The molecule has 0 atom stereocenters. The van der Waals surface area contributed by atoms with Crippen LogP contribution in [0.2, 0.25) is 0 Å². The van der Waals surface area contributed by atoms with Gasteiger partial charge >= 0.3 is 0 Å². The van der Waals surface area contributed by atoms with E-state index in [1.54, 1.807) is 30.3 Å². The first-order chi connectivity index (χ1) is 12.1. The number of amides is 2. The summed E-state index contributed by atoms with van der Waals surface area (Å²) in [5, 5.41) is 13.1. The van der Waals surface area contributed by atoms with Gasteiger partial charge in [-0.25, -0.2) is 4.90 Å². The van der Waals surface area contributed by atoms with Crippen molar-refractivity contribution in [2.45, 2.75) is 37.8 Å². The molecule has 2 amide bonds. The molecule has 0 unspecified atom stereocenters. The number of fused-ring (bicyclic) bond motifs is 1. The molecular formula is C20H20N2O3. The zero-order chi connectivity index (χ0) is 17.4. The van der Waals surface area contributed by atoms with Crippen LogP contribution in [0.1, 0.15) is 46.4 Å². The third-order valence-corrected chi connectivity index (χ3v) is 5.00. The highest BCUT2D eigenvalue weighted by Crippen LogP contribution is 2.34. The molecule has 2 N–H and O–H groups in total. The van der Waals surface area contributed by atoms with E-state index in [0.29, 0.717) is 16.8 Å². The number of hydrogen-bond donors (Lipinski definition) is 2. The number of aliphatic hydroxyl groups is 1. The van der Waals surface area contributed by atoms with Gasteiger partial charge in [-0.3, -0.25) is 9.59 Å². The summed E-state index contributed by atoms with van der Waals surface area (Å²) in [6.07, 6.45) is 3.07. The van der Waals surface area contributed by atoms with Gasteiger partial charge in [-0.1, -0.05) is 24.3 Å². The number of carbonyl (C=O) groups excluding carboxylic acids is 2. The topological polar surface area (TPSA) is 69.6 Å². The van der Waals surface area contributed by atoms with Crippen LogP contribution in [0.3, 0.4) is 0 Å². The molecule has 0 radical (unpaired) electrons. The third-order valence-electron chi connectivity index (χ3n) is 5.00. The molecule has 25 heavy (non-hydrogen) atoms. The Morgan fingerprint density at radius 2 is 1.40 bits per heavy atom. The number of nitrogens with one attached hydrogen (secondary N) is 1. The molecule has 1 heterocycles. The zero-order valence-corrected chi connectivity index (χ0v) is 13.8. The maximum absolute atomic E-state index is 12.7. The second kappa shape index (κ2) is 6.33. The van der Waals surface area contributed by atoms with Gasteiger partial charge in [-0.2, -0.15) is 0 Å². The number of benzene rings is 2. The van der Waals surface area contributed by atoms with Crippen LogP contribution < -0.4 is 10.2 Å². The van der Waals surface area contributed by atoms with E-state index >= 15 is 0 Å². The van der Waals surface area contributed by atoms with Gasteiger partial charge in [0.15, 0.2) is 0 Å². The number of hydrogen-bond acceptors (Lipinski definition) is 4. The maximum atomic E-state index is 12.7. The second-order valence-corrected chi connectivity index (χ2v) is 6.66. The summed E-state index contributed by atoms with van der Waals surface area (Å²) in [6.45, 7) is 0. The Morgan fingerprint density at radius 3 is 2.04 bits per heavy atom. The van der Waals surface area contributed by atoms with Crippen molar-refractivity contribution >= 4 is 23.2 Å². The first kappa shape index (κ1) is 15.8. The van der Waals surface area contributed by atoms with Crippen LogP contribution in [-0.2, 0) is 0 Å². The Kier molecular flexibility index (Phi) is 4.01. The maximum Gasteiger partial charge on any atom is 0.266 e. The summed E-state index contributed by atoms with van der Waals surface area (Å²) in [7, 11) is 0. The molecule has 1 saturated carbocycles. The van der Waals surface area contributed by atoms with Gasteiger partial charge in [0.1, 0.15) is 0 Å². The molecule has 5 nitrogen and oxygen atoms in total. The minimum atomic E-state index is -0.283. The Bertz CT molecular complexity index is 790. The van der Waals surface area contributed by atoms with E-state index in [9.17, 15) is 14.7 Å². The Morgan fingerprint density at radius 1 is 0.840 bits per heavy atom. The fraction of sp³-hybridized carbons (Fsp3) is 0.300. The first-order valence-corrected chi connectivity index (χ1v) is 8.66. The lowest BCUT2D eigenvalue weighted by Crippen LogP contribution is -2.32. The normalized spacial score (nSPS) is 22.8. The number of imide groups is 1. The van der Waals surface area contributed by atoms with Crippen LogP contribution in [0.4, 0.5) is 11.4 Å². The molecule has 4 rings (SSSR count). The number of rotatable bonds is 3. The zero-order valence-electron chi connectivity index (χ0n) is 13.8. The molecule has 0 spiro atoms. The van der Waals surface area contributed by atoms with Crippen molar-refractivity contribution in [2.24, 2.45) is 0 Å². The number of aliphatic hydroxyl groups excluding tert-OH is 1. The highest BCUT2D eigenvalue weighted by Gasteiger charge is 2.37. The van der Waals surface area contributed by atoms with Crippen LogP contribution in [0.15, 0.2) is 48.5 Å². The molecule has 1 aliphatic heterocycles. The number of anilines is 2. The molecule has 0 aromatic heterocycles. The lowest BCUT2D eigenvalue weighted by molar-refractivity contribution is 0.0926. The SMILES string of the molecule is O=C1c2ccccc2C(=O)N1c1ccccc1NC1CCC(O)CC1. The van der Waals surface area contributed by atoms with Gasteiger partial charge in [0, 0.05) is 6.04 Å². The Labute approximate surface area is 146 Å². The second-order valence-electron chi connectivity index (χ2n) is 6.66. The van der Waals surface area contributed by atoms with E-state index < -0.39 is 0 Å². The molecule has 0 saturated heterocycles. The molecule has 1 aliphatic carbocycles. The molecular weight excluding hydrogens is 316 g/mol. The lowest BCUT2D eigenvalue weighted by Gasteiger charge is -2.29. The molecule has 128 valence electrons. The van der Waals surface area contributed by atoms with Crippen molar-refractivity contribution < 1.29 is 14.7 Å². The van der Waals surface area contributed by atoms with Crippen LogP contribution in [0.5, 0.6) is 0 Å². The molecule has 0 bridgehead atoms. The highest BCUT2D eigenvalue weighted by molar-refractivity contribution is 6.35. The van der Waals surface area contributed by atoms with Gasteiger partial charge in [0.2, 0.25) is 0 Å².